The van der Waals surface area contributed by atoms with E-state index in [0.29, 0.717) is 18.2 Å². The number of nitrogens with zero attached hydrogens (tertiary/aromatic N) is 4. The molecule has 0 amide bonds. The van der Waals surface area contributed by atoms with Crippen molar-refractivity contribution in [1.82, 2.24) is 9.97 Å². The molecule has 90 valence electrons. The van der Waals surface area contributed by atoms with Gasteiger partial charge in [-0.15, -0.1) is 0 Å². The largest absolute Gasteiger partial charge is 0.311 e. The Bertz CT molecular complexity index is 574. The number of aromatic nitrogens is 2. The maximum atomic E-state index is 12.9. The second-order valence-corrected chi connectivity index (χ2v) is 3.57. The highest BCUT2D eigenvalue weighted by Crippen LogP contribution is 2.21. The Kier molecular flexibility index (Phi) is 3.49. The fraction of sp³-hybridized carbons (Fsp3) is 0.154. The maximum absolute atomic E-state index is 12.9. The first-order chi connectivity index (χ1) is 8.74. The minimum Gasteiger partial charge on any atom is -0.311 e. The van der Waals surface area contributed by atoms with Crippen LogP contribution >= 0.6 is 0 Å². The SMILES string of the molecule is CCN(c1ccc(F)cc1)c1nccc(C#N)n1. The lowest BCUT2D eigenvalue weighted by molar-refractivity contribution is 0.627. The maximum Gasteiger partial charge on any atom is 0.231 e. The molecule has 0 aliphatic carbocycles. The van der Waals surface area contributed by atoms with Gasteiger partial charge < -0.3 is 4.90 Å². The van der Waals surface area contributed by atoms with E-state index in [-0.39, 0.29) is 5.82 Å². The van der Waals surface area contributed by atoms with Crippen molar-refractivity contribution in [2.24, 2.45) is 0 Å². The Hall–Kier alpha value is -2.48. The molecule has 0 aliphatic heterocycles. The predicted octanol–water partition coefficient (Wildman–Crippen LogP) is 2.65. The molecule has 4 nitrogen and oxygen atoms in total. The summed E-state index contributed by atoms with van der Waals surface area (Å²) in [6, 6.07) is 9.58. The summed E-state index contributed by atoms with van der Waals surface area (Å²) >= 11 is 0. The molecule has 0 aliphatic rings. The van der Waals surface area contributed by atoms with Crippen molar-refractivity contribution < 1.29 is 4.39 Å². The number of rotatable bonds is 3. The summed E-state index contributed by atoms with van der Waals surface area (Å²) in [5.74, 6) is 0.143. The molecule has 2 aromatic rings. The molecule has 0 spiro atoms. The van der Waals surface area contributed by atoms with E-state index in [1.165, 1.54) is 18.3 Å². The first-order valence-corrected chi connectivity index (χ1v) is 5.51. The molecule has 0 radical (unpaired) electrons. The smallest absolute Gasteiger partial charge is 0.231 e. The van der Waals surface area contributed by atoms with Gasteiger partial charge in [-0.2, -0.15) is 5.26 Å². The van der Waals surface area contributed by atoms with Crippen LogP contribution in [0.1, 0.15) is 12.6 Å². The van der Waals surface area contributed by atoms with Gasteiger partial charge >= 0.3 is 0 Å². The highest BCUT2D eigenvalue weighted by atomic mass is 19.1. The standard InChI is InChI=1S/C13H11FN4/c1-2-18(12-5-3-10(14)4-6-12)13-16-8-7-11(9-15)17-13/h3-8H,2H2,1H3. The third kappa shape index (κ3) is 2.43. The molecule has 1 aromatic heterocycles. The molecule has 0 N–H and O–H groups in total. The zero-order valence-corrected chi connectivity index (χ0v) is 9.84. The Morgan fingerprint density at radius 3 is 2.61 bits per heavy atom. The van der Waals surface area contributed by atoms with Crippen molar-refractivity contribution in [1.29, 1.82) is 5.26 Å². The first kappa shape index (κ1) is 12.0. The van der Waals surface area contributed by atoms with Crippen LogP contribution in [0, 0.1) is 17.1 Å². The summed E-state index contributed by atoms with van der Waals surface area (Å²) in [5, 5.41) is 8.82. The van der Waals surface area contributed by atoms with Crippen molar-refractivity contribution in [3.63, 3.8) is 0 Å². The third-order valence-corrected chi connectivity index (χ3v) is 2.45. The minimum absolute atomic E-state index is 0.290. The molecule has 1 heterocycles. The highest BCUT2D eigenvalue weighted by molar-refractivity contribution is 5.57. The van der Waals surface area contributed by atoms with Crippen LogP contribution in [0.4, 0.5) is 16.0 Å². The topological polar surface area (TPSA) is 52.8 Å². The van der Waals surface area contributed by atoms with Crippen LogP contribution in [0.15, 0.2) is 36.5 Å². The van der Waals surface area contributed by atoms with Crippen molar-refractivity contribution in [2.75, 3.05) is 11.4 Å². The molecular formula is C13H11FN4. The normalized spacial score (nSPS) is 9.83. The van der Waals surface area contributed by atoms with Crippen LogP contribution in [0.3, 0.4) is 0 Å². The summed E-state index contributed by atoms with van der Waals surface area (Å²) in [6.07, 6.45) is 1.53. The average Bonchev–Trinajstić information content (AvgIpc) is 2.42. The van der Waals surface area contributed by atoms with Crippen molar-refractivity contribution >= 4 is 11.6 Å². The summed E-state index contributed by atoms with van der Waals surface area (Å²) in [7, 11) is 0. The molecule has 0 saturated carbocycles. The van der Waals surface area contributed by atoms with Gasteiger partial charge in [-0.25, -0.2) is 14.4 Å². The lowest BCUT2D eigenvalue weighted by Crippen LogP contribution is -2.19. The molecule has 0 fully saturated rings. The van der Waals surface area contributed by atoms with Crippen LogP contribution < -0.4 is 4.90 Å². The second-order valence-electron chi connectivity index (χ2n) is 3.57. The van der Waals surface area contributed by atoms with E-state index in [1.54, 1.807) is 23.1 Å². The average molecular weight is 242 g/mol. The predicted molar refractivity (Wildman–Crippen MR) is 65.8 cm³/mol. The Morgan fingerprint density at radius 2 is 2.00 bits per heavy atom. The number of benzene rings is 1. The number of anilines is 2. The van der Waals surface area contributed by atoms with E-state index in [0.717, 1.165) is 5.69 Å². The van der Waals surface area contributed by atoms with Gasteiger partial charge in [-0.05, 0) is 37.3 Å². The van der Waals surface area contributed by atoms with E-state index in [1.807, 2.05) is 13.0 Å². The summed E-state index contributed by atoms with van der Waals surface area (Å²) in [6.45, 7) is 2.56. The zero-order chi connectivity index (χ0) is 13.0. The fourth-order valence-corrected chi connectivity index (χ4v) is 1.60. The monoisotopic (exact) mass is 242 g/mol. The van der Waals surface area contributed by atoms with E-state index >= 15 is 0 Å². The van der Waals surface area contributed by atoms with Crippen LogP contribution in [0.2, 0.25) is 0 Å². The minimum atomic E-state index is -0.290. The second kappa shape index (κ2) is 5.23. The Morgan fingerprint density at radius 1 is 1.28 bits per heavy atom. The van der Waals surface area contributed by atoms with Gasteiger partial charge in [0.05, 0.1) is 0 Å². The van der Waals surface area contributed by atoms with Crippen LogP contribution in [0.5, 0.6) is 0 Å². The molecule has 0 saturated heterocycles. The lowest BCUT2D eigenvalue weighted by atomic mass is 10.3. The third-order valence-electron chi connectivity index (χ3n) is 2.45. The van der Waals surface area contributed by atoms with E-state index in [2.05, 4.69) is 9.97 Å². The van der Waals surface area contributed by atoms with Gasteiger partial charge in [0.25, 0.3) is 0 Å². The molecular weight excluding hydrogens is 231 g/mol. The highest BCUT2D eigenvalue weighted by Gasteiger charge is 2.10. The van der Waals surface area contributed by atoms with E-state index < -0.39 is 0 Å². The van der Waals surface area contributed by atoms with Crippen LogP contribution in [-0.4, -0.2) is 16.5 Å². The lowest BCUT2D eigenvalue weighted by Gasteiger charge is -2.20. The van der Waals surface area contributed by atoms with E-state index in [4.69, 9.17) is 5.26 Å². The van der Waals surface area contributed by atoms with Crippen molar-refractivity contribution in [3.05, 3.63) is 48.0 Å². The van der Waals surface area contributed by atoms with E-state index in [9.17, 15) is 4.39 Å². The summed E-state index contributed by atoms with van der Waals surface area (Å²) in [4.78, 5) is 10.1. The Labute approximate surface area is 104 Å². The van der Waals surface area contributed by atoms with Crippen molar-refractivity contribution in [2.45, 2.75) is 6.92 Å². The zero-order valence-electron chi connectivity index (χ0n) is 9.84. The number of halogens is 1. The molecule has 0 atom stereocenters. The first-order valence-electron chi connectivity index (χ1n) is 5.51. The molecule has 0 bridgehead atoms. The van der Waals surface area contributed by atoms with Crippen molar-refractivity contribution in [3.8, 4) is 6.07 Å². The number of nitriles is 1. The van der Waals surface area contributed by atoms with Gasteiger partial charge in [0, 0.05) is 18.4 Å². The number of hydrogen-bond acceptors (Lipinski definition) is 4. The van der Waals surface area contributed by atoms with Gasteiger partial charge in [0.15, 0.2) is 0 Å². The summed E-state index contributed by atoms with van der Waals surface area (Å²) in [5.41, 5.74) is 1.09. The number of hydrogen-bond donors (Lipinski definition) is 0. The molecule has 5 heteroatoms. The van der Waals surface area contributed by atoms with Crippen LogP contribution in [0.25, 0.3) is 0 Å². The molecule has 18 heavy (non-hydrogen) atoms. The van der Waals surface area contributed by atoms with Crippen LogP contribution in [-0.2, 0) is 0 Å². The van der Waals surface area contributed by atoms with Gasteiger partial charge in [0.2, 0.25) is 5.95 Å². The Balaban J connectivity index is 2.39. The fourth-order valence-electron chi connectivity index (χ4n) is 1.60. The molecule has 1 aromatic carbocycles. The van der Waals surface area contributed by atoms with Gasteiger partial charge in [-0.3, -0.25) is 0 Å². The summed E-state index contributed by atoms with van der Waals surface area (Å²) < 4.78 is 12.9. The molecule has 2 rings (SSSR count). The van der Waals surface area contributed by atoms with Gasteiger partial charge in [0.1, 0.15) is 17.6 Å². The van der Waals surface area contributed by atoms with Gasteiger partial charge in [-0.1, -0.05) is 0 Å². The molecule has 0 unspecified atom stereocenters. The quantitative estimate of drug-likeness (QED) is 0.830.